The largest absolute Gasteiger partial charge is 0.451 e. The summed E-state index contributed by atoms with van der Waals surface area (Å²) in [4.78, 5) is 20.4. The highest BCUT2D eigenvalue weighted by Gasteiger charge is 2.36. The van der Waals surface area contributed by atoms with Crippen LogP contribution in [0, 0.1) is 0 Å². The Kier molecular flexibility index (Phi) is 3.79. The Balaban J connectivity index is 2.21. The lowest BCUT2D eigenvalue weighted by Gasteiger charge is -2.33. The predicted molar refractivity (Wildman–Crippen MR) is 61.9 cm³/mol. The first-order valence-corrected chi connectivity index (χ1v) is 5.84. The van der Waals surface area contributed by atoms with Crippen molar-refractivity contribution in [2.24, 2.45) is 0 Å². The summed E-state index contributed by atoms with van der Waals surface area (Å²) in [6, 6.07) is 1.29. The summed E-state index contributed by atoms with van der Waals surface area (Å²) in [7, 11) is 0. The number of piperazine rings is 1. The van der Waals surface area contributed by atoms with E-state index in [1.165, 1.54) is 6.07 Å². The number of hydrogen-bond donors (Lipinski definition) is 0. The van der Waals surface area contributed by atoms with Gasteiger partial charge in [-0.15, -0.1) is 0 Å². The first-order valence-electron chi connectivity index (χ1n) is 5.46. The van der Waals surface area contributed by atoms with Gasteiger partial charge in [0.2, 0.25) is 12.2 Å². The van der Waals surface area contributed by atoms with Crippen molar-refractivity contribution in [3.8, 4) is 0 Å². The van der Waals surface area contributed by atoms with E-state index in [4.69, 9.17) is 11.6 Å². The number of rotatable bonds is 2. The van der Waals surface area contributed by atoms with Crippen molar-refractivity contribution in [2.75, 3.05) is 31.1 Å². The standard InChI is InChI=1S/C10H10ClF3N4O/c11-7-5-8(16-9(15-7)10(12,13)14)18-3-1-17(6-19)2-4-18/h5-6H,1-4H2. The maximum Gasteiger partial charge on any atom is 0.451 e. The fourth-order valence-corrected chi connectivity index (χ4v) is 1.93. The summed E-state index contributed by atoms with van der Waals surface area (Å²) in [5.74, 6) is -1.13. The average Bonchev–Trinajstić information content (AvgIpc) is 2.37. The highest BCUT2D eigenvalue weighted by Crippen LogP contribution is 2.29. The van der Waals surface area contributed by atoms with Crippen LogP contribution in [0.5, 0.6) is 0 Å². The van der Waals surface area contributed by atoms with Gasteiger partial charge in [-0.25, -0.2) is 9.97 Å². The Morgan fingerprint density at radius 2 is 1.84 bits per heavy atom. The maximum atomic E-state index is 12.6. The number of nitrogens with zero attached hydrogens (tertiary/aromatic N) is 4. The van der Waals surface area contributed by atoms with E-state index in [0.29, 0.717) is 32.6 Å². The maximum absolute atomic E-state index is 12.6. The minimum absolute atomic E-state index is 0.123. The van der Waals surface area contributed by atoms with Gasteiger partial charge in [-0.3, -0.25) is 4.79 Å². The number of carbonyl (C=O) groups is 1. The van der Waals surface area contributed by atoms with Crippen LogP contribution in [0.3, 0.4) is 0 Å². The average molecular weight is 295 g/mol. The molecule has 104 valence electrons. The zero-order valence-corrected chi connectivity index (χ0v) is 10.4. The highest BCUT2D eigenvalue weighted by molar-refractivity contribution is 6.29. The second-order valence-electron chi connectivity index (χ2n) is 4.00. The van der Waals surface area contributed by atoms with Crippen LogP contribution in [0.25, 0.3) is 0 Å². The molecule has 1 amide bonds. The lowest BCUT2D eigenvalue weighted by Crippen LogP contribution is -2.46. The van der Waals surface area contributed by atoms with Gasteiger partial charge in [0.15, 0.2) is 0 Å². The minimum atomic E-state index is -4.63. The molecule has 5 nitrogen and oxygen atoms in total. The van der Waals surface area contributed by atoms with E-state index >= 15 is 0 Å². The Bertz CT molecular complexity index is 474. The normalized spacial score (nSPS) is 16.6. The van der Waals surface area contributed by atoms with Crippen molar-refractivity contribution in [3.63, 3.8) is 0 Å². The quantitative estimate of drug-likeness (QED) is 0.611. The Morgan fingerprint density at radius 3 is 2.37 bits per heavy atom. The summed E-state index contributed by atoms with van der Waals surface area (Å²) in [5.41, 5.74) is 0. The molecule has 0 N–H and O–H groups in total. The van der Waals surface area contributed by atoms with Gasteiger partial charge in [-0.1, -0.05) is 11.6 Å². The summed E-state index contributed by atoms with van der Waals surface area (Å²) in [6.07, 6.45) is -3.92. The van der Waals surface area contributed by atoms with Gasteiger partial charge < -0.3 is 9.80 Å². The molecule has 1 aromatic rings. The van der Waals surface area contributed by atoms with Crippen LogP contribution in [0.2, 0.25) is 5.15 Å². The Hall–Kier alpha value is -1.57. The fraction of sp³-hybridized carbons (Fsp3) is 0.500. The highest BCUT2D eigenvalue weighted by atomic mass is 35.5. The molecule has 0 bridgehead atoms. The molecule has 0 aromatic carbocycles. The van der Waals surface area contributed by atoms with Gasteiger partial charge in [-0.05, 0) is 0 Å². The molecule has 0 atom stereocenters. The van der Waals surface area contributed by atoms with Crippen LogP contribution in [-0.2, 0) is 11.0 Å². The fourth-order valence-electron chi connectivity index (χ4n) is 1.75. The van der Waals surface area contributed by atoms with Crippen LogP contribution >= 0.6 is 11.6 Å². The summed E-state index contributed by atoms with van der Waals surface area (Å²) in [5, 5.41) is -0.254. The van der Waals surface area contributed by atoms with Crippen molar-refractivity contribution in [1.29, 1.82) is 0 Å². The molecule has 1 aromatic heterocycles. The van der Waals surface area contributed by atoms with E-state index in [9.17, 15) is 18.0 Å². The number of halogens is 4. The van der Waals surface area contributed by atoms with Crippen LogP contribution in [0.4, 0.5) is 19.0 Å². The van der Waals surface area contributed by atoms with E-state index in [2.05, 4.69) is 9.97 Å². The summed E-state index contributed by atoms with van der Waals surface area (Å²) in [6.45, 7) is 1.69. The smallest absolute Gasteiger partial charge is 0.353 e. The SMILES string of the molecule is O=CN1CCN(c2cc(Cl)nc(C(F)(F)F)n2)CC1. The van der Waals surface area contributed by atoms with Gasteiger partial charge in [-0.2, -0.15) is 13.2 Å². The first kappa shape index (κ1) is 13.9. The van der Waals surface area contributed by atoms with E-state index in [-0.39, 0.29) is 11.0 Å². The molecule has 0 aliphatic carbocycles. The van der Waals surface area contributed by atoms with Crippen molar-refractivity contribution < 1.29 is 18.0 Å². The molecule has 1 aliphatic rings. The van der Waals surface area contributed by atoms with Gasteiger partial charge in [0, 0.05) is 32.2 Å². The topological polar surface area (TPSA) is 49.3 Å². The second-order valence-corrected chi connectivity index (χ2v) is 4.39. The molecule has 19 heavy (non-hydrogen) atoms. The predicted octanol–water partition coefficient (Wildman–Crippen LogP) is 1.43. The third-order valence-electron chi connectivity index (χ3n) is 2.72. The lowest BCUT2D eigenvalue weighted by molar-refractivity contribution is -0.144. The van der Waals surface area contributed by atoms with Crippen molar-refractivity contribution in [1.82, 2.24) is 14.9 Å². The Labute approximate surface area is 112 Å². The number of aromatic nitrogens is 2. The molecule has 1 aliphatic heterocycles. The van der Waals surface area contributed by atoms with Crippen molar-refractivity contribution >= 4 is 23.8 Å². The van der Waals surface area contributed by atoms with Gasteiger partial charge in [0.05, 0.1) is 0 Å². The van der Waals surface area contributed by atoms with E-state index in [1.54, 1.807) is 9.80 Å². The molecule has 2 heterocycles. The van der Waals surface area contributed by atoms with Crippen molar-refractivity contribution in [2.45, 2.75) is 6.18 Å². The second kappa shape index (κ2) is 5.20. The number of alkyl halides is 3. The zero-order chi connectivity index (χ0) is 14.0. The van der Waals surface area contributed by atoms with E-state index in [1.807, 2.05) is 0 Å². The number of anilines is 1. The van der Waals surface area contributed by atoms with Crippen LogP contribution in [0.1, 0.15) is 5.82 Å². The molecular weight excluding hydrogens is 285 g/mol. The number of hydrogen-bond acceptors (Lipinski definition) is 4. The third-order valence-corrected chi connectivity index (χ3v) is 2.92. The summed E-state index contributed by atoms with van der Waals surface area (Å²) < 4.78 is 37.7. The first-order chi connectivity index (χ1) is 8.90. The van der Waals surface area contributed by atoms with Crippen molar-refractivity contribution in [3.05, 3.63) is 17.0 Å². The molecule has 1 saturated heterocycles. The Morgan fingerprint density at radius 1 is 1.21 bits per heavy atom. The molecule has 0 radical (unpaired) electrons. The third kappa shape index (κ3) is 3.25. The van der Waals surface area contributed by atoms with Gasteiger partial charge >= 0.3 is 6.18 Å². The zero-order valence-electron chi connectivity index (χ0n) is 9.69. The number of carbonyl (C=O) groups excluding carboxylic acids is 1. The minimum Gasteiger partial charge on any atom is -0.353 e. The molecule has 0 unspecified atom stereocenters. The molecule has 0 spiro atoms. The molecule has 9 heteroatoms. The molecular formula is C10H10ClF3N4O. The van der Waals surface area contributed by atoms with Crippen LogP contribution in [-0.4, -0.2) is 47.5 Å². The number of amides is 1. The monoisotopic (exact) mass is 294 g/mol. The van der Waals surface area contributed by atoms with E-state index < -0.39 is 12.0 Å². The molecule has 2 rings (SSSR count). The van der Waals surface area contributed by atoms with Crippen LogP contribution < -0.4 is 4.90 Å². The lowest BCUT2D eigenvalue weighted by atomic mass is 10.3. The van der Waals surface area contributed by atoms with Gasteiger partial charge in [0.25, 0.3) is 0 Å². The molecule has 0 saturated carbocycles. The summed E-state index contributed by atoms with van der Waals surface area (Å²) >= 11 is 5.59. The van der Waals surface area contributed by atoms with Crippen LogP contribution in [0.15, 0.2) is 6.07 Å². The van der Waals surface area contributed by atoms with E-state index in [0.717, 1.165) is 0 Å². The van der Waals surface area contributed by atoms with Gasteiger partial charge in [0.1, 0.15) is 11.0 Å². The molecule has 1 fully saturated rings.